The average molecular weight is 570 g/mol. The SMILES string of the molecule is CN(C)c1ccc(-c2cnc(-c3ccc(CNCCC(=O)NCCOCCOCCCCCCCl)cc3)[nH]2)cc1. The van der Waals surface area contributed by atoms with Gasteiger partial charge in [0.25, 0.3) is 0 Å². The van der Waals surface area contributed by atoms with E-state index in [1.807, 2.05) is 20.3 Å². The van der Waals surface area contributed by atoms with Gasteiger partial charge >= 0.3 is 0 Å². The molecule has 0 bridgehead atoms. The predicted octanol–water partition coefficient (Wildman–Crippen LogP) is 5.24. The molecule has 0 aliphatic heterocycles. The number of aromatic nitrogens is 2. The molecule has 0 radical (unpaired) electrons. The van der Waals surface area contributed by atoms with Crippen LogP contribution in [0.25, 0.3) is 22.6 Å². The number of imidazole rings is 1. The minimum atomic E-state index is 0.0182. The number of ether oxygens (including phenoxy) is 2. The second kappa shape index (κ2) is 18.4. The number of halogens is 1. The van der Waals surface area contributed by atoms with Crippen molar-refractivity contribution < 1.29 is 14.3 Å². The summed E-state index contributed by atoms with van der Waals surface area (Å²) in [6, 6.07) is 16.7. The van der Waals surface area contributed by atoms with Crippen molar-refractivity contribution in [2.45, 2.75) is 38.6 Å². The first-order valence-electron chi connectivity index (χ1n) is 14.2. The lowest BCUT2D eigenvalue weighted by Gasteiger charge is -2.12. The van der Waals surface area contributed by atoms with Gasteiger partial charge in [0, 0.05) is 63.9 Å². The Morgan fingerprint density at radius 1 is 0.875 bits per heavy atom. The van der Waals surface area contributed by atoms with Crippen LogP contribution in [-0.4, -0.2) is 75.4 Å². The number of benzene rings is 2. The second-order valence-electron chi connectivity index (χ2n) is 9.89. The molecule has 3 aromatic rings. The number of H-pyrrole nitrogens is 1. The summed E-state index contributed by atoms with van der Waals surface area (Å²) in [7, 11) is 4.07. The summed E-state index contributed by atoms with van der Waals surface area (Å²) in [6.07, 6.45) is 6.74. The standard InChI is InChI=1S/C31H44ClN5O3/c1-37(2)28-13-11-26(12-14-28)29-24-35-31(36-29)27-9-7-25(8-10-27)23-33-17-15-30(38)34-18-20-40-22-21-39-19-6-4-3-5-16-32/h7-14,24,33H,3-6,15-23H2,1-2H3,(H,34,38)(H,35,36). The number of anilines is 1. The molecule has 0 atom stereocenters. The van der Waals surface area contributed by atoms with Crippen molar-refractivity contribution in [3.8, 4) is 22.6 Å². The van der Waals surface area contributed by atoms with E-state index in [1.165, 1.54) is 0 Å². The number of aromatic amines is 1. The molecule has 1 amide bonds. The number of hydrogen-bond acceptors (Lipinski definition) is 6. The summed E-state index contributed by atoms with van der Waals surface area (Å²) in [6.45, 7) is 4.20. The molecular formula is C31H44ClN5O3. The van der Waals surface area contributed by atoms with Gasteiger partial charge in [-0.3, -0.25) is 4.79 Å². The summed E-state index contributed by atoms with van der Waals surface area (Å²) < 4.78 is 11.0. The first-order chi connectivity index (χ1) is 19.6. The van der Waals surface area contributed by atoms with Gasteiger partial charge in [0.1, 0.15) is 5.82 Å². The van der Waals surface area contributed by atoms with Crippen molar-refractivity contribution in [1.82, 2.24) is 20.6 Å². The van der Waals surface area contributed by atoms with Crippen LogP contribution in [0, 0.1) is 0 Å². The number of amides is 1. The molecule has 0 aliphatic carbocycles. The highest BCUT2D eigenvalue weighted by Crippen LogP contribution is 2.24. The van der Waals surface area contributed by atoms with Crippen molar-refractivity contribution in [3.05, 3.63) is 60.3 Å². The predicted molar refractivity (Wildman–Crippen MR) is 164 cm³/mol. The molecule has 3 N–H and O–H groups in total. The molecule has 0 saturated carbocycles. The molecule has 40 heavy (non-hydrogen) atoms. The first-order valence-corrected chi connectivity index (χ1v) is 14.7. The van der Waals surface area contributed by atoms with E-state index in [2.05, 4.69) is 74.0 Å². The number of alkyl halides is 1. The van der Waals surface area contributed by atoms with E-state index in [4.69, 9.17) is 21.1 Å². The van der Waals surface area contributed by atoms with Crippen LogP contribution in [0.4, 0.5) is 5.69 Å². The lowest BCUT2D eigenvalue weighted by molar-refractivity contribution is -0.121. The van der Waals surface area contributed by atoms with Gasteiger partial charge in [0.05, 0.1) is 31.7 Å². The molecule has 2 aromatic carbocycles. The van der Waals surface area contributed by atoms with E-state index in [1.54, 1.807) is 0 Å². The summed E-state index contributed by atoms with van der Waals surface area (Å²) in [5.41, 5.74) is 5.44. The molecule has 0 spiro atoms. The molecular weight excluding hydrogens is 526 g/mol. The van der Waals surface area contributed by atoms with E-state index < -0.39 is 0 Å². The van der Waals surface area contributed by atoms with Crippen LogP contribution in [0.1, 0.15) is 37.7 Å². The van der Waals surface area contributed by atoms with Gasteiger partial charge in [-0.05, 0) is 36.1 Å². The molecule has 3 rings (SSSR count). The van der Waals surface area contributed by atoms with Crippen LogP contribution >= 0.6 is 11.6 Å². The number of rotatable bonds is 20. The van der Waals surface area contributed by atoms with Crippen molar-refractivity contribution >= 4 is 23.2 Å². The molecule has 218 valence electrons. The maximum Gasteiger partial charge on any atom is 0.221 e. The summed E-state index contributed by atoms with van der Waals surface area (Å²) in [4.78, 5) is 22.1. The zero-order valence-corrected chi connectivity index (χ0v) is 24.6. The van der Waals surface area contributed by atoms with E-state index in [0.29, 0.717) is 45.9 Å². The lowest BCUT2D eigenvalue weighted by Crippen LogP contribution is -2.30. The molecule has 9 heteroatoms. The van der Waals surface area contributed by atoms with Crippen LogP contribution in [0.5, 0.6) is 0 Å². The van der Waals surface area contributed by atoms with Crippen molar-refractivity contribution in [2.75, 3.05) is 64.4 Å². The monoisotopic (exact) mass is 569 g/mol. The zero-order chi connectivity index (χ0) is 28.4. The summed E-state index contributed by atoms with van der Waals surface area (Å²) in [5.74, 6) is 1.59. The van der Waals surface area contributed by atoms with Crippen LogP contribution in [0.3, 0.4) is 0 Å². The van der Waals surface area contributed by atoms with Crippen LogP contribution in [-0.2, 0) is 20.8 Å². The van der Waals surface area contributed by atoms with Gasteiger partial charge in [-0.1, -0.05) is 49.2 Å². The number of unbranched alkanes of at least 4 members (excludes halogenated alkanes) is 3. The quantitative estimate of drug-likeness (QED) is 0.127. The fraction of sp³-hybridized carbons (Fsp3) is 0.484. The number of nitrogens with zero attached hydrogens (tertiary/aromatic N) is 2. The topological polar surface area (TPSA) is 91.5 Å². The van der Waals surface area contributed by atoms with E-state index in [-0.39, 0.29) is 5.91 Å². The summed E-state index contributed by atoms with van der Waals surface area (Å²) >= 11 is 5.66. The third-order valence-electron chi connectivity index (χ3n) is 6.47. The maximum absolute atomic E-state index is 12.0. The van der Waals surface area contributed by atoms with E-state index in [9.17, 15) is 4.79 Å². The Bertz CT molecular complexity index is 1100. The fourth-order valence-electron chi connectivity index (χ4n) is 4.09. The molecule has 0 aliphatic rings. The number of carbonyl (C=O) groups is 1. The third kappa shape index (κ3) is 11.7. The Kier molecular flexibility index (Phi) is 14.6. The van der Waals surface area contributed by atoms with Crippen LogP contribution in [0.2, 0.25) is 0 Å². The van der Waals surface area contributed by atoms with Gasteiger partial charge in [0.2, 0.25) is 5.91 Å². The van der Waals surface area contributed by atoms with E-state index >= 15 is 0 Å². The first kappa shape index (κ1) is 31.6. The molecule has 0 unspecified atom stereocenters. The Morgan fingerprint density at radius 3 is 2.30 bits per heavy atom. The van der Waals surface area contributed by atoms with E-state index in [0.717, 1.165) is 72.1 Å². The lowest BCUT2D eigenvalue weighted by atomic mass is 10.1. The molecule has 0 fully saturated rings. The maximum atomic E-state index is 12.0. The van der Waals surface area contributed by atoms with Crippen LogP contribution < -0.4 is 15.5 Å². The molecule has 8 nitrogen and oxygen atoms in total. The van der Waals surface area contributed by atoms with Gasteiger partial charge in [0.15, 0.2) is 0 Å². The molecule has 0 saturated heterocycles. The van der Waals surface area contributed by atoms with Gasteiger partial charge in [-0.25, -0.2) is 4.98 Å². The molecule has 1 aromatic heterocycles. The zero-order valence-electron chi connectivity index (χ0n) is 23.9. The van der Waals surface area contributed by atoms with Crippen molar-refractivity contribution in [3.63, 3.8) is 0 Å². The Hall–Kier alpha value is -2.91. The minimum Gasteiger partial charge on any atom is -0.379 e. The fourth-order valence-corrected chi connectivity index (χ4v) is 4.28. The highest BCUT2D eigenvalue weighted by Gasteiger charge is 2.07. The Morgan fingerprint density at radius 2 is 1.57 bits per heavy atom. The van der Waals surface area contributed by atoms with Gasteiger partial charge < -0.3 is 30.0 Å². The Balaban J connectivity index is 1.24. The number of nitrogens with one attached hydrogen (secondary N) is 3. The summed E-state index contributed by atoms with van der Waals surface area (Å²) in [5, 5.41) is 6.22. The third-order valence-corrected chi connectivity index (χ3v) is 6.74. The number of carbonyl (C=O) groups excluding carboxylic acids is 1. The number of hydrogen-bond donors (Lipinski definition) is 3. The molecule has 1 heterocycles. The smallest absolute Gasteiger partial charge is 0.221 e. The highest BCUT2D eigenvalue weighted by molar-refractivity contribution is 6.17. The normalized spacial score (nSPS) is 11.1. The van der Waals surface area contributed by atoms with Crippen molar-refractivity contribution in [2.24, 2.45) is 0 Å². The van der Waals surface area contributed by atoms with Crippen LogP contribution in [0.15, 0.2) is 54.7 Å². The average Bonchev–Trinajstić information content (AvgIpc) is 3.47. The minimum absolute atomic E-state index is 0.0182. The Labute approximate surface area is 243 Å². The highest BCUT2D eigenvalue weighted by atomic mass is 35.5. The van der Waals surface area contributed by atoms with Gasteiger partial charge in [-0.2, -0.15) is 0 Å². The second-order valence-corrected chi connectivity index (χ2v) is 10.3. The van der Waals surface area contributed by atoms with Crippen molar-refractivity contribution in [1.29, 1.82) is 0 Å². The van der Waals surface area contributed by atoms with Gasteiger partial charge in [-0.15, -0.1) is 11.6 Å². The largest absolute Gasteiger partial charge is 0.379 e.